The van der Waals surface area contributed by atoms with E-state index in [0.717, 1.165) is 52.3 Å². The molecule has 1 aliphatic rings. The van der Waals surface area contributed by atoms with E-state index in [2.05, 4.69) is 20.8 Å². The number of carbonyl (C=O) groups excluding carboxylic acids is 1. The number of nitrogens with one attached hydrogen (secondary N) is 3. The maximum absolute atomic E-state index is 12.7. The molecule has 1 amide bonds. The average molecular weight is 391 g/mol. The zero-order chi connectivity index (χ0) is 18.3. The molecule has 2 aromatic heterocycles. The average Bonchev–Trinajstić information content (AvgIpc) is 3.23. The van der Waals surface area contributed by atoms with Crippen molar-refractivity contribution in [1.82, 2.24) is 20.8 Å². The third-order valence-electron chi connectivity index (χ3n) is 4.94. The number of carbonyl (C=O) groups is 1. The number of rotatable bonds is 4. The van der Waals surface area contributed by atoms with Crippen molar-refractivity contribution in [2.24, 2.45) is 0 Å². The minimum atomic E-state index is -0.273. The van der Waals surface area contributed by atoms with Crippen LogP contribution in [0.5, 0.6) is 5.75 Å². The monoisotopic (exact) mass is 390 g/mol. The molecule has 0 bridgehead atoms. The molecule has 0 spiro atoms. The molecule has 3 N–H and O–H groups in total. The van der Waals surface area contributed by atoms with Crippen molar-refractivity contribution in [1.29, 1.82) is 0 Å². The molecule has 144 valence electrons. The first-order valence-electron chi connectivity index (χ1n) is 8.73. The molecule has 8 heteroatoms. The van der Waals surface area contributed by atoms with E-state index in [0.29, 0.717) is 12.2 Å². The fourth-order valence-corrected chi connectivity index (χ4v) is 3.50. The Bertz CT molecular complexity index is 979. The highest BCUT2D eigenvalue weighted by molar-refractivity contribution is 5.94. The summed E-state index contributed by atoms with van der Waals surface area (Å²) in [5.74, 6) is 1.32. The van der Waals surface area contributed by atoms with E-state index in [-0.39, 0.29) is 24.4 Å². The summed E-state index contributed by atoms with van der Waals surface area (Å²) < 4.78 is 11.3. The molecule has 0 saturated carbocycles. The molecule has 1 aliphatic heterocycles. The summed E-state index contributed by atoms with van der Waals surface area (Å²) in [6.45, 7) is 5.46. The summed E-state index contributed by atoms with van der Waals surface area (Å²) in [6.07, 6.45) is 0.857. The van der Waals surface area contributed by atoms with Crippen LogP contribution in [-0.2, 0) is 13.0 Å². The van der Waals surface area contributed by atoms with Crippen LogP contribution in [0, 0.1) is 6.92 Å². The Morgan fingerprint density at radius 2 is 2.22 bits per heavy atom. The molecule has 1 unspecified atom stereocenters. The molecule has 0 radical (unpaired) electrons. The van der Waals surface area contributed by atoms with Gasteiger partial charge in [0.2, 0.25) is 0 Å². The highest BCUT2D eigenvalue weighted by Crippen LogP contribution is 2.32. The zero-order valence-electron chi connectivity index (χ0n) is 15.5. The molecule has 3 aromatic rings. The topological polar surface area (TPSA) is 92.2 Å². The van der Waals surface area contributed by atoms with Crippen LogP contribution in [0.15, 0.2) is 22.6 Å². The van der Waals surface area contributed by atoms with Crippen LogP contribution >= 0.6 is 12.4 Å². The normalized spacial score (nSPS) is 14.3. The minimum Gasteiger partial charge on any atom is -0.497 e. The summed E-state index contributed by atoms with van der Waals surface area (Å²) in [4.78, 5) is 12.7. The molecule has 0 fully saturated rings. The second kappa shape index (κ2) is 7.62. The van der Waals surface area contributed by atoms with Gasteiger partial charge in [0.15, 0.2) is 5.69 Å². The van der Waals surface area contributed by atoms with Gasteiger partial charge in [0, 0.05) is 41.7 Å². The van der Waals surface area contributed by atoms with Gasteiger partial charge in [-0.15, -0.1) is 12.4 Å². The second-order valence-corrected chi connectivity index (χ2v) is 6.60. The van der Waals surface area contributed by atoms with Crippen molar-refractivity contribution >= 4 is 29.3 Å². The van der Waals surface area contributed by atoms with Gasteiger partial charge in [0.25, 0.3) is 5.91 Å². The molecule has 27 heavy (non-hydrogen) atoms. The number of benzene rings is 1. The molecule has 0 saturated heterocycles. The van der Waals surface area contributed by atoms with E-state index >= 15 is 0 Å². The van der Waals surface area contributed by atoms with Gasteiger partial charge in [-0.3, -0.25) is 9.89 Å². The summed E-state index contributed by atoms with van der Waals surface area (Å²) >= 11 is 0. The van der Waals surface area contributed by atoms with Crippen molar-refractivity contribution < 1.29 is 13.9 Å². The summed E-state index contributed by atoms with van der Waals surface area (Å²) in [5.41, 5.74) is 4.22. The molecular formula is C19H23ClN4O3. The molecular weight excluding hydrogens is 368 g/mol. The van der Waals surface area contributed by atoms with Crippen LogP contribution in [0.25, 0.3) is 11.0 Å². The van der Waals surface area contributed by atoms with Gasteiger partial charge in [0.1, 0.15) is 17.1 Å². The number of hydrogen-bond donors (Lipinski definition) is 3. The smallest absolute Gasteiger partial charge is 0.272 e. The van der Waals surface area contributed by atoms with Crippen LogP contribution in [0.2, 0.25) is 0 Å². The third-order valence-corrected chi connectivity index (χ3v) is 4.94. The minimum absolute atomic E-state index is 0. The SMILES string of the molecule is COc1ccc2oc(C(C)NC(=O)c3n[nH]c4c3CNCC4)c(C)c2c1.Cl. The Kier molecular flexibility index (Phi) is 5.43. The van der Waals surface area contributed by atoms with Crippen molar-refractivity contribution in [2.75, 3.05) is 13.7 Å². The molecule has 3 heterocycles. The van der Waals surface area contributed by atoms with E-state index < -0.39 is 0 Å². The lowest BCUT2D eigenvalue weighted by Crippen LogP contribution is -2.30. The van der Waals surface area contributed by atoms with Crippen molar-refractivity contribution in [2.45, 2.75) is 32.9 Å². The quantitative estimate of drug-likeness (QED) is 0.636. The lowest BCUT2D eigenvalue weighted by Gasteiger charge is -2.15. The number of halogens is 1. The Hall–Kier alpha value is -2.51. The van der Waals surface area contributed by atoms with Crippen molar-refractivity contribution in [3.8, 4) is 5.75 Å². The Morgan fingerprint density at radius 1 is 1.41 bits per heavy atom. The highest BCUT2D eigenvalue weighted by atomic mass is 35.5. The van der Waals surface area contributed by atoms with Crippen LogP contribution in [0.3, 0.4) is 0 Å². The number of aromatic nitrogens is 2. The van der Waals surface area contributed by atoms with E-state index in [1.807, 2.05) is 32.0 Å². The highest BCUT2D eigenvalue weighted by Gasteiger charge is 2.24. The number of ether oxygens (including phenoxy) is 1. The fraction of sp³-hybridized carbons (Fsp3) is 0.368. The van der Waals surface area contributed by atoms with Gasteiger partial charge >= 0.3 is 0 Å². The first kappa shape index (κ1) is 19.3. The van der Waals surface area contributed by atoms with Crippen LogP contribution < -0.4 is 15.4 Å². The van der Waals surface area contributed by atoms with Gasteiger partial charge in [-0.05, 0) is 32.0 Å². The summed E-state index contributed by atoms with van der Waals surface area (Å²) in [5, 5.41) is 14.5. The molecule has 4 rings (SSSR count). The van der Waals surface area contributed by atoms with Gasteiger partial charge < -0.3 is 19.8 Å². The van der Waals surface area contributed by atoms with Gasteiger partial charge in [0.05, 0.1) is 13.2 Å². The first-order chi connectivity index (χ1) is 12.6. The predicted molar refractivity (Wildman–Crippen MR) is 105 cm³/mol. The lowest BCUT2D eigenvalue weighted by atomic mass is 10.1. The second-order valence-electron chi connectivity index (χ2n) is 6.60. The number of aromatic amines is 1. The maximum Gasteiger partial charge on any atom is 0.272 e. The summed E-state index contributed by atoms with van der Waals surface area (Å²) in [7, 11) is 1.64. The number of fused-ring (bicyclic) bond motifs is 2. The van der Waals surface area contributed by atoms with Gasteiger partial charge in [-0.1, -0.05) is 0 Å². The first-order valence-corrected chi connectivity index (χ1v) is 8.73. The number of H-pyrrole nitrogens is 1. The Labute approximate surface area is 163 Å². The number of furan rings is 1. The number of amides is 1. The third kappa shape index (κ3) is 3.40. The van der Waals surface area contributed by atoms with E-state index in [1.54, 1.807) is 7.11 Å². The van der Waals surface area contributed by atoms with E-state index in [1.165, 1.54) is 0 Å². The number of methoxy groups -OCH3 is 1. The number of hydrogen-bond acceptors (Lipinski definition) is 5. The van der Waals surface area contributed by atoms with Crippen LogP contribution in [0.4, 0.5) is 0 Å². The van der Waals surface area contributed by atoms with Gasteiger partial charge in [-0.2, -0.15) is 5.10 Å². The predicted octanol–water partition coefficient (Wildman–Crippen LogP) is 3.03. The summed E-state index contributed by atoms with van der Waals surface area (Å²) in [6, 6.07) is 5.42. The van der Waals surface area contributed by atoms with Crippen molar-refractivity contribution in [3.05, 3.63) is 46.5 Å². The Balaban J connectivity index is 0.00000210. The van der Waals surface area contributed by atoms with E-state index in [4.69, 9.17) is 9.15 Å². The van der Waals surface area contributed by atoms with Crippen LogP contribution in [0.1, 0.15) is 46.0 Å². The van der Waals surface area contributed by atoms with E-state index in [9.17, 15) is 4.79 Å². The van der Waals surface area contributed by atoms with Gasteiger partial charge in [-0.25, -0.2) is 0 Å². The molecule has 7 nitrogen and oxygen atoms in total. The molecule has 1 atom stereocenters. The zero-order valence-corrected chi connectivity index (χ0v) is 16.3. The maximum atomic E-state index is 12.7. The number of aryl methyl sites for hydroxylation is 1. The largest absolute Gasteiger partial charge is 0.497 e. The molecule has 1 aromatic carbocycles. The van der Waals surface area contributed by atoms with Crippen molar-refractivity contribution in [3.63, 3.8) is 0 Å². The lowest BCUT2D eigenvalue weighted by molar-refractivity contribution is 0.0929. The fourth-order valence-electron chi connectivity index (χ4n) is 3.50. The number of nitrogens with zero attached hydrogens (tertiary/aromatic N) is 1. The Morgan fingerprint density at radius 3 is 3.00 bits per heavy atom. The standard InChI is InChI=1S/C19H22N4O3.ClH/c1-10-13-8-12(25-3)4-5-16(13)26-18(10)11(2)21-19(24)17-14-9-20-7-6-15(14)22-23-17;/h4-5,8,11,20H,6-7,9H2,1-3H3,(H,21,24)(H,22,23);1H. The van der Waals surface area contributed by atoms with Crippen LogP contribution in [-0.4, -0.2) is 29.8 Å². The molecule has 0 aliphatic carbocycles.